The number of hydroxylamine groups is 3. The lowest BCUT2D eigenvalue weighted by molar-refractivity contribution is -1.09. The molecule has 0 aliphatic carbocycles. The molecule has 222 valence electrons. The summed E-state index contributed by atoms with van der Waals surface area (Å²) in [6.45, 7) is 14.9. The molecule has 2 aliphatic heterocycles. The number of rotatable bonds is 8. The number of carbonyl (C=O) groups is 2. The Morgan fingerprint density at radius 2 is 1.60 bits per heavy atom. The van der Waals surface area contributed by atoms with Crippen LogP contribution in [0.4, 0.5) is 10.5 Å². The monoisotopic (exact) mass is 597 g/mol. The van der Waals surface area contributed by atoms with Gasteiger partial charge in [0.25, 0.3) is 11.1 Å². The zero-order chi connectivity index (χ0) is 30.3. The number of piperidine rings is 1. The van der Waals surface area contributed by atoms with Gasteiger partial charge in [-0.05, 0) is 86.8 Å². The molecule has 3 heterocycles. The summed E-state index contributed by atoms with van der Waals surface area (Å²) < 4.78 is 13.3. The molecule has 8 heteroatoms. The number of quaternary nitrogens is 1. The molecule has 0 bridgehead atoms. The van der Waals surface area contributed by atoms with Gasteiger partial charge in [0, 0.05) is 23.8 Å². The van der Waals surface area contributed by atoms with Gasteiger partial charge in [-0.2, -0.15) is 0 Å². The number of hydrogen-bond donors (Lipinski definition) is 0. The number of nitrogens with zero attached hydrogens (tertiary/aromatic N) is 2. The van der Waals surface area contributed by atoms with E-state index in [-0.39, 0.29) is 16.1 Å². The number of fused-ring (bicyclic) bond motifs is 1. The largest absolute Gasteiger partial charge is 0.488 e. The molecule has 2 fully saturated rings. The van der Waals surface area contributed by atoms with Gasteiger partial charge in [-0.15, -0.1) is 4.65 Å². The third kappa shape index (κ3) is 5.45. The van der Waals surface area contributed by atoms with Crippen molar-refractivity contribution < 1.29 is 28.2 Å². The smallest absolute Gasteiger partial charge is 0.298 e. The van der Waals surface area contributed by atoms with Gasteiger partial charge in [0.1, 0.15) is 43.3 Å². The molecule has 2 saturated heterocycles. The van der Waals surface area contributed by atoms with Crippen LogP contribution in [0.5, 0.6) is 11.5 Å². The molecule has 43 heavy (non-hydrogen) atoms. The molecule has 1 aromatic heterocycles. The Balaban J connectivity index is 1.32. The Morgan fingerprint density at radius 1 is 0.907 bits per heavy atom. The van der Waals surface area contributed by atoms with Crippen molar-refractivity contribution in [1.29, 1.82) is 0 Å². The van der Waals surface area contributed by atoms with Gasteiger partial charge in [0.2, 0.25) is 0 Å². The van der Waals surface area contributed by atoms with E-state index in [1.165, 1.54) is 6.42 Å². The first-order valence-electron chi connectivity index (χ1n) is 14.8. The molecule has 0 spiro atoms. The predicted octanol–water partition coefficient (Wildman–Crippen LogP) is 8.45. The van der Waals surface area contributed by atoms with Gasteiger partial charge in [-0.1, -0.05) is 36.9 Å². The van der Waals surface area contributed by atoms with Gasteiger partial charge < -0.3 is 14.0 Å². The Morgan fingerprint density at radius 3 is 2.26 bits per heavy atom. The first-order chi connectivity index (χ1) is 20.7. The number of amides is 2. The lowest BCUT2D eigenvalue weighted by Crippen LogP contribution is -2.53. The molecule has 3 aromatic carbocycles. The van der Waals surface area contributed by atoms with Crippen LogP contribution < -0.4 is 14.5 Å². The minimum atomic E-state index is -0.376. The Hall–Kier alpha value is -4.01. The highest BCUT2D eigenvalue weighted by atomic mass is 32.2. The lowest BCUT2D eigenvalue weighted by atomic mass is 9.97. The number of aryl methyl sites for hydroxylation is 3. The van der Waals surface area contributed by atoms with E-state index in [2.05, 4.69) is 39.5 Å². The van der Waals surface area contributed by atoms with Crippen LogP contribution in [-0.2, 0) is 17.9 Å². The average molecular weight is 598 g/mol. The molecule has 4 aromatic rings. The summed E-state index contributed by atoms with van der Waals surface area (Å²) in [6, 6.07) is 17.4. The molecule has 0 atom stereocenters. The molecule has 0 radical (unpaired) electrons. The van der Waals surface area contributed by atoms with Gasteiger partial charge in [-0.3, -0.25) is 9.59 Å². The molecular formula is C35H37N2O5S+. The van der Waals surface area contributed by atoms with Crippen LogP contribution >= 0.6 is 11.8 Å². The number of hydrogen-bond acceptors (Lipinski definition) is 6. The molecule has 0 unspecified atom stereocenters. The van der Waals surface area contributed by atoms with Crippen molar-refractivity contribution in [3.8, 4) is 11.5 Å². The summed E-state index contributed by atoms with van der Waals surface area (Å²) in [5.74, 6) is 2.12. The Labute approximate surface area is 256 Å². The fourth-order valence-corrected chi connectivity index (χ4v) is 6.94. The number of thioether (sulfide) groups is 1. The second kappa shape index (κ2) is 11.6. The van der Waals surface area contributed by atoms with Crippen LogP contribution in [0, 0.1) is 27.7 Å². The second-order valence-electron chi connectivity index (χ2n) is 11.6. The number of carbonyl (C=O) groups excluding carboxylic acids is 2. The van der Waals surface area contributed by atoms with Crippen LogP contribution in [0.1, 0.15) is 52.8 Å². The van der Waals surface area contributed by atoms with Gasteiger partial charge in [-0.25, -0.2) is 4.90 Å². The summed E-state index contributed by atoms with van der Waals surface area (Å²) in [5.41, 5.74) is 6.96. The lowest BCUT2D eigenvalue weighted by Gasteiger charge is -2.38. The number of likely N-dealkylation sites (tertiary alicyclic amines) is 1. The molecule has 0 N–H and O–H groups in total. The van der Waals surface area contributed by atoms with E-state index in [0.717, 1.165) is 92.9 Å². The predicted molar refractivity (Wildman–Crippen MR) is 170 cm³/mol. The zero-order valence-corrected chi connectivity index (χ0v) is 26.0. The number of benzene rings is 3. The minimum absolute atomic E-state index is 0.236. The van der Waals surface area contributed by atoms with Crippen molar-refractivity contribution in [1.82, 2.24) is 0 Å². The second-order valence-corrected chi connectivity index (χ2v) is 12.6. The number of imide groups is 1. The van der Waals surface area contributed by atoms with E-state index in [1.807, 2.05) is 37.3 Å². The third-order valence-corrected chi connectivity index (χ3v) is 9.48. The van der Waals surface area contributed by atoms with Crippen molar-refractivity contribution >= 4 is 39.6 Å². The molecule has 2 aliphatic rings. The SMILES string of the molecule is C=C1SC(=O)N(c2ccc(O[N+]3(Cc4c(C)oc5c(C)c(C)c(OCc6ccccc6)c(C)c45)CCCCC3)cc2)C1=O. The fourth-order valence-electron chi connectivity index (χ4n) is 6.27. The Kier molecular flexibility index (Phi) is 7.83. The molecular weight excluding hydrogens is 560 g/mol. The maximum Gasteiger partial charge on any atom is 0.298 e. The summed E-state index contributed by atoms with van der Waals surface area (Å²) in [5, 5.41) is 0.771. The van der Waals surface area contributed by atoms with Crippen LogP contribution in [-0.4, -0.2) is 28.9 Å². The van der Waals surface area contributed by atoms with E-state index in [1.54, 1.807) is 12.1 Å². The third-order valence-electron chi connectivity index (χ3n) is 8.70. The number of ether oxygens (including phenoxy) is 1. The molecule has 6 rings (SSSR count). The summed E-state index contributed by atoms with van der Waals surface area (Å²) >= 11 is 0.864. The molecule has 2 amide bonds. The van der Waals surface area contributed by atoms with E-state index < -0.39 is 0 Å². The standard InChI is InChI=1S/C35H37N2O5S/c1-22-23(2)33-31(24(3)32(22)40-21-27-12-8-6-9-13-27)30(25(4)41-33)20-37(18-10-7-11-19-37)42-29-16-14-28(15-17-29)36-34(38)26(5)43-35(36)39/h6,8-9,12-17H,5,7,10-11,18-21H2,1-4H3/q+1. The van der Waals surface area contributed by atoms with Gasteiger partial charge in [0.05, 0.1) is 16.2 Å². The van der Waals surface area contributed by atoms with E-state index in [4.69, 9.17) is 14.0 Å². The van der Waals surface area contributed by atoms with Gasteiger partial charge in [0.15, 0.2) is 5.75 Å². The van der Waals surface area contributed by atoms with Gasteiger partial charge >= 0.3 is 0 Å². The zero-order valence-electron chi connectivity index (χ0n) is 25.2. The summed E-state index contributed by atoms with van der Waals surface area (Å²) in [4.78, 5) is 32.9. The normalized spacial score (nSPS) is 16.7. The van der Waals surface area contributed by atoms with Crippen molar-refractivity contribution in [2.45, 2.75) is 60.1 Å². The first-order valence-corrected chi connectivity index (χ1v) is 15.6. The average Bonchev–Trinajstić information content (AvgIpc) is 3.46. The van der Waals surface area contributed by atoms with Crippen LogP contribution in [0.3, 0.4) is 0 Å². The molecule has 7 nitrogen and oxygen atoms in total. The summed E-state index contributed by atoms with van der Waals surface area (Å²) in [7, 11) is 0. The maximum atomic E-state index is 12.4. The highest BCUT2D eigenvalue weighted by Gasteiger charge is 2.38. The van der Waals surface area contributed by atoms with Crippen molar-refractivity contribution in [3.63, 3.8) is 0 Å². The van der Waals surface area contributed by atoms with E-state index >= 15 is 0 Å². The van der Waals surface area contributed by atoms with E-state index in [0.29, 0.717) is 29.2 Å². The van der Waals surface area contributed by atoms with Crippen molar-refractivity contribution in [2.24, 2.45) is 0 Å². The van der Waals surface area contributed by atoms with Crippen LogP contribution in [0.2, 0.25) is 0 Å². The Bertz CT molecular complexity index is 1720. The fraction of sp³-hybridized carbons (Fsp3) is 0.314. The maximum absolute atomic E-state index is 12.4. The summed E-state index contributed by atoms with van der Waals surface area (Å²) in [6.07, 6.45) is 3.29. The van der Waals surface area contributed by atoms with Crippen LogP contribution in [0.15, 0.2) is 70.5 Å². The number of anilines is 1. The van der Waals surface area contributed by atoms with Crippen molar-refractivity contribution in [3.05, 3.63) is 99.7 Å². The highest BCUT2D eigenvalue weighted by molar-refractivity contribution is 8.18. The van der Waals surface area contributed by atoms with Crippen LogP contribution in [0.25, 0.3) is 11.0 Å². The minimum Gasteiger partial charge on any atom is -0.488 e. The van der Waals surface area contributed by atoms with E-state index in [9.17, 15) is 9.59 Å². The quantitative estimate of drug-likeness (QED) is 0.150. The number of furan rings is 1. The topological polar surface area (TPSA) is 69.0 Å². The highest BCUT2D eigenvalue weighted by Crippen LogP contribution is 2.42. The first kappa shape index (κ1) is 29.1. The molecule has 0 saturated carbocycles. The van der Waals surface area contributed by atoms with Crippen molar-refractivity contribution in [2.75, 3.05) is 18.0 Å².